The predicted octanol–water partition coefficient (Wildman–Crippen LogP) is -0.424. The quantitative estimate of drug-likeness (QED) is 0.463. The maximum absolute atomic E-state index is 11.6. The number of carbonyl (C=O) groups excluding carboxylic acids is 4. The number of nitrogens with one attached hydrogen (secondary N) is 2. The van der Waals surface area contributed by atoms with Gasteiger partial charge in [-0.15, -0.1) is 0 Å². The number of amides is 2. The largest absolute Gasteiger partial charge is 0.452 e. The zero-order valence-corrected chi connectivity index (χ0v) is 12.9. The minimum Gasteiger partial charge on any atom is -0.452 e. The van der Waals surface area contributed by atoms with Crippen LogP contribution in [0.3, 0.4) is 0 Å². The van der Waals surface area contributed by atoms with Crippen molar-refractivity contribution in [3.63, 3.8) is 0 Å². The second kappa shape index (κ2) is 7.75. The van der Waals surface area contributed by atoms with E-state index in [0.29, 0.717) is 0 Å². The summed E-state index contributed by atoms with van der Waals surface area (Å²) in [6.07, 6.45) is 4.71. The predicted molar refractivity (Wildman–Crippen MR) is 78.0 cm³/mol. The van der Waals surface area contributed by atoms with Gasteiger partial charge in [0.25, 0.3) is 11.8 Å². The lowest BCUT2D eigenvalue weighted by Crippen LogP contribution is -2.31. The maximum Gasteiger partial charge on any atom is 0.334 e. The summed E-state index contributed by atoms with van der Waals surface area (Å²) < 4.78 is 9.50. The highest BCUT2D eigenvalue weighted by Gasteiger charge is 2.24. The van der Waals surface area contributed by atoms with Crippen LogP contribution in [0.15, 0.2) is 11.6 Å². The second-order valence-electron chi connectivity index (χ2n) is 5.69. The van der Waals surface area contributed by atoms with Crippen LogP contribution in [0.2, 0.25) is 0 Å². The van der Waals surface area contributed by atoms with E-state index in [9.17, 15) is 19.2 Å². The molecule has 2 rings (SSSR count). The van der Waals surface area contributed by atoms with Crippen LogP contribution in [-0.2, 0) is 28.7 Å². The fourth-order valence-electron chi connectivity index (χ4n) is 1.65. The third-order valence-corrected chi connectivity index (χ3v) is 3.22. The van der Waals surface area contributed by atoms with E-state index >= 15 is 0 Å². The van der Waals surface area contributed by atoms with Crippen LogP contribution in [0.1, 0.15) is 32.6 Å². The molecule has 0 aliphatic heterocycles. The van der Waals surface area contributed by atoms with Crippen molar-refractivity contribution in [2.45, 2.75) is 44.7 Å². The van der Waals surface area contributed by atoms with Crippen LogP contribution in [0, 0.1) is 0 Å². The van der Waals surface area contributed by atoms with Gasteiger partial charge in [0.1, 0.15) is 0 Å². The van der Waals surface area contributed by atoms with Gasteiger partial charge in [0.05, 0.1) is 0 Å². The van der Waals surface area contributed by atoms with E-state index in [-0.39, 0.29) is 36.1 Å². The van der Waals surface area contributed by atoms with E-state index in [2.05, 4.69) is 10.6 Å². The summed E-state index contributed by atoms with van der Waals surface area (Å²) >= 11 is 0. The summed E-state index contributed by atoms with van der Waals surface area (Å²) in [5.74, 6) is -2.33. The molecule has 8 heteroatoms. The summed E-state index contributed by atoms with van der Waals surface area (Å²) in [6.45, 7) is 0.587. The van der Waals surface area contributed by atoms with Gasteiger partial charge in [-0.1, -0.05) is 0 Å². The molecule has 0 spiro atoms. The Balaban J connectivity index is 1.64. The number of rotatable bonds is 8. The number of hydrogen-bond acceptors (Lipinski definition) is 6. The normalized spacial score (nSPS) is 17.2. The standard InChI is InChI=1S/C15H20N2O6/c1-9(15(21)23-8-13(19)17-11-4-5-11)6-14(20)22-7-12(18)16-10-2-3-10/h6,10-11H,2-5,7-8H2,1H3,(H,16,18)(H,17,19). The molecular formula is C15H20N2O6. The molecule has 0 unspecified atom stereocenters. The van der Waals surface area contributed by atoms with E-state index in [1.165, 1.54) is 6.92 Å². The molecule has 2 amide bonds. The van der Waals surface area contributed by atoms with E-state index < -0.39 is 18.5 Å². The molecule has 0 saturated heterocycles. The van der Waals surface area contributed by atoms with Crippen molar-refractivity contribution in [1.29, 1.82) is 0 Å². The topological polar surface area (TPSA) is 111 Å². The van der Waals surface area contributed by atoms with Crippen molar-refractivity contribution < 1.29 is 28.7 Å². The molecule has 0 aromatic carbocycles. The van der Waals surface area contributed by atoms with E-state index in [1.807, 2.05) is 0 Å². The molecule has 2 aliphatic carbocycles. The van der Waals surface area contributed by atoms with Gasteiger partial charge in [0, 0.05) is 23.7 Å². The van der Waals surface area contributed by atoms with Crippen molar-refractivity contribution >= 4 is 23.8 Å². The Hall–Kier alpha value is -2.38. The average molecular weight is 324 g/mol. The number of hydrogen-bond donors (Lipinski definition) is 2. The lowest BCUT2D eigenvalue weighted by Gasteiger charge is -2.06. The van der Waals surface area contributed by atoms with E-state index in [0.717, 1.165) is 31.8 Å². The zero-order valence-electron chi connectivity index (χ0n) is 12.9. The fourth-order valence-corrected chi connectivity index (χ4v) is 1.65. The highest BCUT2D eigenvalue weighted by atomic mass is 16.5. The Labute approximate surface area is 133 Å². The monoisotopic (exact) mass is 324 g/mol. The van der Waals surface area contributed by atoms with Crippen LogP contribution in [0.4, 0.5) is 0 Å². The number of esters is 2. The molecular weight excluding hydrogens is 304 g/mol. The van der Waals surface area contributed by atoms with E-state index in [1.54, 1.807) is 0 Å². The smallest absolute Gasteiger partial charge is 0.334 e. The molecule has 0 atom stereocenters. The van der Waals surface area contributed by atoms with Crippen LogP contribution in [0.25, 0.3) is 0 Å². The van der Waals surface area contributed by atoms with E-state index in [4.69, 9.17) is 9.47 Å². The molecule has 8 nitrogen and oxygen atoms in total. The molecule has 23 heavy (non-hydrogen) atoms. The lowest BCUT2D eigenvalue weighted by atomic mass is 10.3. The summed E-state index contributed by atoms with van der Waals surface area (Å²) in [5.41, 5.74) is -0.00294. The minimum absolute atomic E-state index is 0.00294. The molecule has 126 valence electrons. The lowest BCUT2D eigenvalue weighted by molar-refractivity contribution is -0.146. The molecule has 0 bridgehead atoms. The molecule has 0 aromatic rings. The van der Waals surface area contributed by atoms with Gasteiger partial charge in [0.2, 0.25) is 0 Å². The summed E-state index contributed by atoms with van der Waals surface area (Å²) in [5, 5.41) is 5.34. The third kappa shape index (κ3) is 6.94. The Kier molecular flexibility index (Phi) is 5.72. The summed E-state index contributed by atoms with van der Waals surface area (Å²) in [4.78, 5) is 45.8. The molecule has 0 aromatic heterocycles. The van der Waals surface area contributed by atoms with Gasteiger partial charge in [-0.25, -0.2) is 9.59 Å². The molecule has 0 heterocycles. The van der Waals surface area contributed by atoms with Gasteiger partial charge in [0.15, 0.2) is 13.2 Å². The Bertz CT molecular complexity index is 534. The number of carbonyl (C=O) groups is 4. The van der Waals surface area contributed by atoms with Gasteiger partial charge in [-0.2, -0.15) is 0 Å². The van der Waals surface area contributed by atoms with Crippen LogP contribution in [0.5, 0.6) is 0 Å². The van der Waals surface area contributed by atoms with Gasteiger partial charge in [-0.3, -0.25) is 9.59 Å². The summed E-state index contributed by atoms with van der Waals surface area (Å²) in [6, 6.07) is 0.379. The van der Waals surface area contributed by atoms with Crippen molar-refractivity contribution in [2.24, 2.45) is 0 Å². The molecule has 2 saturated carbocycles. The van der Waals surface area contributed by atoms with Crippen molar-refractivity contribution in [3.8, 4) is 0 Å². The third-order valence-electron chi connectivity index (χ3n) is 3.22. The van der Waals surface area contributed by atoms with Gasteiger partial charge >= 0.3 is 11.9 Å². The highest BCUT2D eigenvalue weighted by Crippen LogP contribution is 2.18. The van der Waals surface area contributed by atoms with Gasteiger partial charge in [-0.05, 0) is 32.6 Å². The molecule has 2 aliphatic rings. The first-order valence-corrected chi connectivity index (χ1v) is 7.55. The Morgan fingerprint density at radius 3 is 1.87 bits per heavy atom. The van der Waals surface area contributed by atoms with Crippen LogP contribution in [-0.4, -0.2) is 49.1 Å². The first-order valence-electron chi connectivity index (χ1n) is 7.55. The Morgan fingerprint density at radius 2 is 1.39 bits per heavy atom. The Morgan fingerprint density at radius 1 is 0.913 bits per heavy atom. The van der Waals surface area contributed by atoms with Crippen LogP contribution >= 0.6 is 0 Å². The SMILES string of the molecule is CC(=CC(=O)OCC(=O)NC1CC1)C(=O)OCC(=O)NC1CC1. The fraction of sp³-hybridized carbons (Fsp3) is 0.600. The highest BCUT2D eigenvalue weighted by molar-refractivity contribution is 5.97. The summed E-state index contributed by atoms with van der Waals surface area (Å²) in [7, 11) is 0. The average Bonchev–Trinajstić information content (AvgIpc) is 3.39. The first-order chi connectivity index (χ1) is 10.9. The molecule has 2 fully saturated rings. The van der Waals surface area contributed by atoms with Crippen molar-refractivity contribution in [1.82, 2.24) is 10.6 Å². The van der Waals surface area contributed by atoms with Crippen molar-refractivity contribution in [3.05, 3.63) is 11.6 Å². The second-order valence-corrected chi connectivity index (χ2v) is 5.69. The molecule has 2 N–H and O–H groups in total. The minimum atomic E-state index is -0.812. The maximum atomic E-state index is 11.6. The molecule has 0 radical (unpaired) electrons. The van der Waals surface area contributed by atoms with Gasteiger partial charge < -0.3 is 20.1 Å². The first kappa shape index (κ1) is 17.0. The zero-order chi connectivity index (χ0) is 16.8. The van der Waals surface area contributed by atoms with Crippen LogP contribution < -0.4 is 10.6 Å². The number of ether oxygens (including phenoxy) is 2. The van der Waals surface area contributed by atoms with Crippen molar-refractivity contribution in [2.75, 3.05) is 13.2 Å².